The predicted octanol–water partition coefficient (Wildman–Crippen LogP) is 5.14. The van der Waals surface area contributed by atoms with Crippen LogP contribution in [0.4, 0.5) is 5.69 Å². The fourth-order valence-electron chi connectivity index (χ4n) is 3.40. The van der Waals surface area contributed by atoms with Crippen LogP contribution in [-0.2, 0) is 17.9 Å². The molecule has 0 atom stereocenters. The van der Waals surface area contributed by atoms with Gasteiger partial charge in [-0.15, -0.1) is 0 Å². The summed E-state index contributed by atoms with van der Waals surface area (Å²) in [5.41, 5.74) is 4.30. The van der Waals surface area contributed by atoms with Crippen molar-refractivity contribution < 1.29 is 9.53 Å². The molecule has 7 heteroatoms. The minimum absolute atomic E-state index is 0.0849. The zero-order valence-electron chi connectivity index (χ0n) is 17.6. The van der Waals surface area contributed by atoms with Gasteiger partial charge in [0, 0.05) is 47.2 Å². The van der Waals surface area contributed by atoms with E-state index in [0.717, 1.165) is 46.3 Å². The maximum atomic E-state index is 12.0. The van der Waals surface area contributed by atoms with Gasteiger partial charge >= 0.3 is 0 Å². The molecule has 2 N–H and O–H groups in total. The first-order valence-corrected chi connectivity index (χ1v) is 10.7. The molecule has 3 aromatic rings. The largest absolute Gasteiger partial charge is 0.487 e. The standard InChI is InChI=1S/C24H25ClN4O2/c1-3-9-27-21-10-15(2)29-23-18(21)5-4-6-22(23)31-14-19-17(11-26-13-20(19)25)12-28-24(30)16-7-8-16/h3-6,9-11,13,16H,7-8,12,14H2,1-2H3,(H,27,29)(H,28,30)/b9-3-. The first-order chi connectivity index (χ1) is 15.1. The molecule has 160 valence electrons. The number of ether oxygens (including phenoxy) is 1. The van der Waals surface area contributed by atoms with Gasteiger partial charge in [-0.25, -0.2) is 4.98 Å². The molecular formula is C24H25ClN4O2. The van der Waals surface area contributed by atoms with Gasteiger partial charge in [0.05, 0.1) is 5.02 Å². The van der Waals surface area contributed by atoms with E-state index in [1.165, 1.54) is 0 Å². The summed E-state index contributed by atoms with van der Waals surface area (Å²) in [7, 11) is 0. The molecule has 0 unspecified atom stereocenters. The summed E-state index contributed by atoms with van der Waals surface area (Å²) in [5.74, 6) is 0.912. The third kappa shape index (κ3) is 4.97. The summed E-state index contributed by atoms with van der Waals surface area (Å²) >= 11 is 6.42. The molecule has 0 saturated heterocycles. The number of carbonyl (C=O) groups excluding carboxylic acids is 1. The minimum atomic E-state index is 0.0849. The summed E-state index contributed by atoms with van der Waals surface area (Å²) in [6.45, 7) is 4.55. The van der Waals surface area contributed by atoms with Crippen LogP contribution in [0.15, 0.2) is 48.9 Å². The van der Waals surface area contributed by atoms with Crippen molar-refractivity contribution in [1.29, 1.82) is 0 Å². The van der Waals surface area contributed by atoms with Gasteiger partial charge in [-0.05, 0) is 50.6 Å². The van der Waals surface area contributed by atoms with E-state index in [1.54, 1.807) is 12.4 Å². The van der Waals surface area contributed by atoms with E-state index in [-0.39, 0.29) is 18.4 Å². The van der Waals surface area contributed by atoms with Gasteiger partial charge in [-0.2, -0.15) is 0 Å². The fraction of sp³-hybridized carbons (Fsp3) is 0.292. The lowest BCUT2D eigenvalue weighted by Crippen LogP contribution is -2.25. The molecule has 1 fully saturated rings. The minimum Gasteiger partial charge on any atom is -0.487 e. The number of halogens is 1. The fourth-order valence-corrected chi connectivity index (χ4v) is 3.63. The van der Waals surface area contributed by atoms with Crippen molar-refractivity contribution >= 4 is 34.1 Å². The number of nitrogens with zero attached hydrogens (tertiary/aromatic N) is 2. The number of benzene rings is 1. The average molecular weight is 437 g/mol. The SMILES string of the molecule is C/C=C\Nc1cc(C)nc2c(OCc3c(Cl)cncc3CNC(=O)C3CC3)cccc12. The Bertz CT molecular complexity index is 1140. The molecule has 2 aromatic heterocycles. The Morgan fingerprint density at radius 3 is 2.94 bits per heavy atom. The highest BCUT2D eigenvalue weighted by molar-refractivity contribution is 6.31. The Morgan fingerprint density at radius 1 is 1.32 bits per heavy atom. The number of anilines is 1. The van der Waals surface area contributed by atoms with Gasteiger partial charge in [-0.3, -0.25) is 9.78 Å². The molecule has 0 bridgehead atoms. The Hall–Kier alpha value is -3.12. The number of amides is 1. The number of fused-ring (bicyclic) bond motifs is 1. The van der Waals surface area contributed by atoms with E-state index in [1.807, 2.05) is 50.4 Å². The number of para-hydroxylation sites is 1. The number of rotatable bonds is 8. The van der Waals surface area contributed by atoms with E-state index >= 15 is 0 Å². The van der Waals surface area contributed by atoms with Crippen molar-refractivity contribution in [3.05, 3.63) is 70.8 Å². The second kappa shape index (κ2) is 9.35. The molecule has 1 amide bonds. The Kier molecular flexibility index (Phi) is 6.37. The van der Waals surface area contributed by atoms with Crippen LogP contribution in [0.3, 0.4) is 0 Å². The second-order valence-electron chi connectivity index (χ2n) is 7.65. The van der Waals surface area contributed by atoms with Crippen LogP contribution in [-0.4, -0.2) is 15.9 Å². The average Bonchev–Trinajstić information content (AvgIpc) is 3.61. The lowest BCUT2D eigenvalue weighted by Gasteiger charge is -2.15. The molecule has 31 heavy (non-hydrogen) atoms. The van der Waals surface area contributed by atoms with Crippen LogP contribution in [0, 0.1) is 12.8 Å². The number of hydrogen-bond donors (Lipinski definition) is 2. The monoisotopic (exact) mass is 436 g/mol. The lowest BCUT2D eigenvalue weighted by atomic mass is 10.1. The summed E-state index contributed by atoms with van der Waals surface area (Å²) < 4.78 is 6.17. The van der Waals surface area contributed by atoms with Gasteiger partial charge in [0.25, 0.3) is 0 Å². The summed E-state index contributed by atoms with van der Waals surface area (Å²) in [5, 5.41) is 7.75. The number of allylic oxidation sites excluding steroid dienone is 1. The van der Waals surface area contributed by atoms with Gasteiger partial charge < -0.3 is 15.4 Å². The van der Waals surface area contributed by atoms with Gasteiger partial charge in [-0.1, -0.05) is 29.8 Å². The topological polar surface area (TPSA) is 76.1 Å². The number of aryl methyl sites for hydroxylation is 1. The van der Waals surface area contributed by atoms with Crippen LogP contribution in [0.25, 0.3) is 10.9 Å². The highest BCUT2D eigenvalue weighted by Crippen LogP contribution is 2.32. The third-order valence-electron chi connectivity index (χ3n) is 5.20. The summed E-state index contributed by atoms with van der Waals surface area (Å²) in [6.07, 6.45) is 9.08. The van der Waals surface area contributed by atoms with Crippen LogP contribution in [0.5, 0.6) is 5.75 Å². The Balaban J connectivity index is 1.58. The first kappa shape index (κ1) is 21.1. The van der Waals surface area contributed by atoms with E-state index < -0.39 is 0 Å². The van der Waals surface area contributed by atoms with E-state index in [4.69, 9.17) is 21.3 Å². The van der Waals surface area contributed by atoms with Crippen molar-refractivity contribution in [3.63, 3.8) is 0 Å². The highest BCUT2D eigenvalue weighted by Gasteiger charge is 2.29. The van der Waals surface area contributed by atoms with E-state index in [2.05, 4.69) is 15.6 Å². The zero-order valence-corrected chi connectivity index (χ0v) is 18.4. The van der Waals surface area contributed by atoms with Crippen molar-refractivity contribution in [2.75, 3.05) is 5.32 Å². The number of aromatic nitrogens is 2. The quantitative estimate of drug-likeness (QED) is 0.511. The maximum Gasteiger partial charge on any atom is 0.223 e. The maximum absolute atomic E-state index is 12.0. The molecule has 0 radical (unpaired) electrons. The van der Waals surface area contributed by atoms with Crippen molar-refractivity contribution in [2.45, 2.75) is 39.8 Å². The van der Waals surface area contributed by atoms with Gasteiger partial charge in [0.1, 0.15) is 17.9 Å². The van der Waals surface area contributed by atoms with E-state index in [0.29, 0.717) is 17.3 Å². The van der Waals surface area contributed by atoms with Gasteiger partial charge in [0.2, 0.25) is 5.91 Å². The molecular weight excluding hydrogens is 412 g/mol. The normalized spacial score (nSPS) is 13.5. The van der Waals surface area contributed by atoms with Crippen LogP contribution in [0.1, 0.15) is 36.6 Å². The summed E-state index contributed by atoms with van der Waals surface area (Å²) in [4.78, 5) is 20.9. The molecule has 1 saturated carbocycles. The smallest absolute Gasteiger partial charge is 0.223 e. The van der Waals surface area contributed by atoms with Crippen LogP contribution < -0.4 is 15.4 Å². The zero-order chi connectivity index (χ0) is 21.8. The van der Waals surface area contributed by atoms with Crippen molar-refractivity contribution in [2.24, 2.45) is 5.92 Å². The number of pyridine rings is 2. The summed E-state index contributed by atoms with van der Waals surface area (Å²) in [6, 6.07) is 7.86. The number of nitrogens with one attached hydrogen (secondary N) is 2. The van der Waals surface area contributed by atoms with Crippen molar-refractivity contribution in [1.82, 2.24) is 15.3 Å². The van der Waals surface area contributed by atoms with Crippen LogP contribution >= 0.6 is 11.6 Å². The molecule has 0 aliphatic heterocycles. The van der Waals surface area contributed by atoms with Gasteiger partial charge in [0.15, 0.2) is 0 Å². The lowest BCUT2D eigenvalue weighted by molar-refractivity contribution is -0.122. The molecule has 4 rings (SSSR count). The molecule has 6 nitrogen and oxygen atoms in total. The molecule has 1 aromatic carbocycles. The Labute approximate surface area is 186 Å². The van der Waals surface area contributed by atoms with E-state index in [9.17, 15) is 4.79 Å². The van der Waals surface area contributed by atoms with Crippen molar-refractivity contribution in [3.8, 4) is 5.75 Å². The number of hydrogen-bond acceptors (Lipinski definition) is 5. The highest BCUT2D eigenvalue weighted by atomic mass is 35.5. The Morgan fingerprint density at radius 2 is 2.16 bits per heavy atom. The first-order valence-electron chi connectivity index (χ1n) is 10.4. The number of carbonyl (C=O) groups is 1. The molecule has 0 spiro atoms. The second-order valence-corrected chi connectivity index (χ2v) is 8.05. The molecule has 2 heterocycles. The molecule has 1 aliphatic rings. The molecule has 1 aliphatic carbocycles. The van der Waals surface area contributed by atoms with Crippen LogP contribution in [0.2, 0.25) is 5.02 Å². The third-order valence-corrected chi connectivity index (χ3v) is 5.53. The predicted molar refractivity (Wildman–Crippen MR) is 123 cm³/mol.